The van der Waals surface area contributed by atoms with E-state index in [2.05, 4.69) is 0 Å². The molecule has 19 heavy (non-hydrogen) atoms. The Morgan fingerprint density at radius 2 is 1.42 bits per heavy atom. The maximum Gasteiger partial charge on any atom is 0.241 e. The molecule has 2 rings (SSSR count). The lowest BCUT2D eigenvalue weighted by Gasteiger charge is -2.12. The molecule has 0 amide bonds. The number of hydrogen-bond acceptors (Lipinski definition) is 4. The topological polar surface area (TPSA) is 78.6 Å². The smallest absolute Gasteiger partial charge is 0.241 e. The van der Waals surface area contributed by atoms with E-state index >= 15 is 0 Å². The summed E-state index contributed by atoms with van der Waals surface area (Å²) in [6.45, 7) is 0. The third-order valence-corrected chi connectivity index (χ3v) is 3.39. The van der Waals surface area contributed by atoms with Crippen LogP contribution in [0.15, 0.2) is 53.4 Å². The first-order chi connectivity index (χ1) is 9.02. The van der Waals surface area contributed by atoms with Crippen molar-refractivity contribution in [2.45, 2.75) is 4.90 Å². The van der Waals surface area contributed by atoms with Crippen LogP contribution >= 0.6 is 0 Å². The molecule has 2 N–H and O–H groups in total. The fraction of sp³-hybridized carbons (Fsp3) is 0.0769. The summed E-state index contributed by atoms with van der Waals surface area (Å²) in [5, 5.41) is 5.14. The van der Waals surface area contributed by atoms with Gasteiger partial charge in [-0.25, -0.2) is 13.6 Å². The summed E-state index contributed by atoms with van der Waals surface area (Å²) in [7, 11) is -2.33. The number of ether oxygens (including phenoxy) is 2. The number of hydrogen-bond donors (Lipinski definition) is 1. The first kappa shape index (κ1) is 13.4. The Bertz CT molecular complexity index is 683. The van der Waals surface area contributed by atoms with E-state index < -0.39 is 10.0 Å². The van der Waals surface area contributed by atoms with Crippen molar-refractivity contribution >= 4 is 10.0 Å². The van der Waals surface area contributed by atoms with Crippen molar-refractivity contribution in [3.05, 3.63) is 48.5 Å². The number of nitrogens with two attached hydrogens (primary N) is 1. The molecule has 0 saturated heterocycles. The van der Waals surface area contributed by atoms with Gasteiger partial charge in [0.15, 0.2) is 11.5 Å². The van der Waals surface area contributed by atoms with Crippen LogP contribution < -0.4 is 14.6 Å². The van der Waals surface area contributed by atoms with Crippen molar-refractivity contribution in [3.8, 4) is 17.2 Å². The molecule has 6 heteroatoms. The predicted molar refractivity (Wildman–Crippen MR) is 70.9 cm³/mol. The highest BCUT2D eigenvalue weighted by atomic mass is 32.2. The summed E-state index contributed by atoms with van der Waals surface area (Å²) in [4.78, 5) is -0.0686. The number of para-hydroxylation sites is 3. The van der Waals surface area contributed by atoms with Gasteiger partial charge in [0, 0.05) is 0 Å². The largest absolute Gasteiger partial charge is 0.493 e. The zero-order valence-electron chi connectivity index (χ0n) is 10.2. The molecule has 0 unspecified atom stereocenters. The van der Waals surface area contributed by atoms with E-state index in [1.165, 1.54) is 19.2 Å². The maximum atomic E-state index is 11.5. The summed E-state index contributed by atoms with van der Waals surface area (Å²) in [6, 6.07) is 13.1. The van der Waals surface area contributed by atoms with Gasteiger partial charge in [-0.15, -0.1) is 0 Å². The van der Waals surface area contributed by atoms with Crippen LogP contribution in [0.1, 0.15) is 0 Å². The lowest BCUT2D eigenvalue weighted by atomic mass is 10.3. The molecule has 2 aromatic rings. The molecule has 0 fully saturated rings. The zero-order chi connectivity index (χ0) is 13.9. The minimum absolute atomic E-state index is 0.0686. The molecule has 0 bridgehead atoms. The van der Waals surface area contributed by atoms with Gasteiger partial charge in [0.25, 0.3) is 0 Å². The molecule has 0 aromatic heterocycles. The molecule has 2 aromatic carbocycles. The normalized spacial score (nSPS) is 11.1. The van der Waals surface area contributed by atoms with Crippen LogP contribution in [-0.4, -0.2) is 15.5 Å². The van der Waals surface area contributed by atoms with Crippen LogP contribution in [0.2, 0.25) is 0 Å². The number of benzene rings is 2. The SMILES string of the molecule is COc1ccccc1Oc1ccccc1S(N)(=O)=O. The highest BCUT2D eigenvalue weighted by Crippen LogP contribution is 2.33. The van der Waals surface area contributed by atoms with Gasteiger partial charge in [0.05, 0.1) is 7.11 Å². The van der Waals surface area contributed by atoms with E-state index in [9.17, 15) is 8.42 Å². The molecule has 100 valence electrons. The molecule has 0 aliphatic rings. The highest BCUT2D eigenvalue weighted by Gasteiger charge is 2.16. The minimum Gasteiger partial charge on any atom is -0.493 e. The average Bonchev–Trinajstić information content (AvgIpc) is 2.39. The molecule has 0 radical (unpaired) electrons. The predicted octanol–water partition coefficient (Wildman–Crippen LogP) is 2.13. The van der Waals surface area contributed by atoms with Gasteiger partial charge < -0.3 is 9.47 Å². The molecule has 0 spiro atoms. The fourth-order valence-electron chi connectivity index (χ4n) is 1.59. The van der Waals surface area contributed by atoms with E-state index in [1.54, 1.807) is 36.4 Å². The Morgan fingerprint density at radius 3 is 2.00 bits per heavy atom. The Hall–Kier alpha value is -2.05. The van der Waals surface area contributed by atoms with E-state index in [0.717, 1.165) is 0 Å². The second-order valence-electron chi connectivity index (χ2n) is 3.74. The number of rotatable bonds is 4. The van der Waals surface area contributed by atoms with Gasteiger partial charge in [0.1, 0.15) is 10.6 Å². The van der Waals surface area contributed by atoms with Crippen molar-refractivity contribution in [2.24, 2.45) is 5.14 Å². The van der Waals surface area contributed by atoms with Crippen molar-refractivity contribution in [1.82, 2.24) is 0 Å². The first-order valence-corrected chi connectivity index (χ1v) is 6.99. The van der Waals surface area contributed by atoms with Gasteiger partial charge >= 0.3 is 0 Å². The van der Waals surface area contributed by atoms with E-state index in [4.69, 9.17) is 14.6 Å². The van der Waals surface area contributed by atoms with Gasteiger partial charge in [-0.1, -0.05) is 24.3 Å². The van der Waals surface area contributed by atoms with E-state index in [1.807, 2.05) is 0 Å². The van der Waals surface area contributed by atoms with Crippen molar-refractivity contribution in [2.75, 3.05) is 7.11 Å². The van der Waals surface area contributed by atoms with Crippen LogP contribution in [0.25, 0.3) is 0 Å². The van der Waals surface area contributed by atoms with Gasteiger partial charge in [-0.05, 0) is 24.3 Å². The summed E-state index contributed by atoms with van der Waals surface area (Å²) in [5.74, 6) is 1.09. The average molecular weight is 279 g/mol. The van der Waals surface area contributed by atoms with Crippen LogP contribution in [-0.2, 0) is 10.0 Å². The Kier molecular flexibility index (Phi) is 3.73. The summed E-state index contributed by atoms with van der Waals surface area (Å²) in [5.41, 5.74) is 0. The molecule has 0 saturated carbocycles. The van der Waals surface area contributed by atoms with E-state index in [0.29, 0.717) is 11.5 Å². The Labute approximate surface area is 111 Å². The Balaban J connectivity index is 2.45. The van der Waals surface area contributed by atoms with Crippen LogP contribution in [0, 0.1) is 0 Å². The third-order valence-electron chi connectivity index (χ3n) is 2.44. The molecule has 5 nitrogen and oxygen atoms in total. The van der Waals surface area contributed by atoms with Crippen LogP contribution in [0.4, 0.5) is 0 Å². The second kappa shape index (κ2) is 5.29. The van der Waals surface area contributed by atoms with Crippen molar-refractivity contribution in [1.29, 1.82) is 0 Å². The summed E-state index contributed by atoms with van der Waals surface area (Å²) in [6.07, 6.45) is 0. The van der Waals surface area contributed by atoms with Crippen LogP contribution in [0.3, 0.4) is 0 Å². The lowest BCUT2D eigenvalue weighted by Crippen LogP contribution is -2.13. The highest BCUT2D eigenvalue weighted by molar-refractivity contribution is 7.89. The lowest BCUT2D eigenvalue weighted by molar-refractivity contribution is 0.375. The Morgan fingerprint density at radius 1 is 0.895 bits per heavy atom. The second-order valence-corrected chi connectivity index (χ2v) is 5.27. The minimum atomic E-state index is -3.84. The molecular formula is C13H13NO4S. The third kappa shape index (κ3) is 3.04. The monoisotopic (exact) mass is 279 g/mol. The van der Waals surface area contributed by atoms with Gasteiger partial charge in [0.2, 0.25) is 10.0 Å². The molecule has 0 heterocycles. The number of sulfonamides is 1. The molecular weight excluding hydrogens is 266 g/mol. The standard InChI is InChI=1S/C13H13NO4S/c1-17-10-6-2-3-7-11(10)18-12-8-4-5-9-13(12)19(14,15)16/h2-9H,1H3,(H2,14,15,16). The van der Waals surface area contributed by atoms with Gasteiger partial charge in [-0.3, -0.25) is 0 Å². The fourth-order valence-corrected chi connectivity index (χ4v) is 2.25. The van der Waals surface area contributed by atoms with Crippen LogP contribution in [0.5, 0.6) is 17.2 Å². The maximum absolute atomic E-state index is 11.5. The zero-order valence-corrected chi connectivity index (χ0v) is 11.1. The van der Waals surface area contributed by atoms with E-state index in [-0.39, 0.29) is 10.6 Å². The molecule has 0 aliphatic heterocycles. The summed E-state index contributed by atoms with van der Waals surface area (Å²) >= 11 is 0. The number of methoxy groups -OCH3 is 1. The molecule has 0 aliphatic carbocycles. The summed E-state index contributed by atoms with van der Waals surface area (Å²) < 4.78 is 33.6. The molecule has 0 atom stereocenters. The van der Waals surface area contributed by atoms with Crippen molar-refractivity contribution < 1.29 is 17.9 Å². The number of primary sulfonamides is 1. The van der Waals surface area contributed by atoms with Gasteiger partial charge in [-0.2, -0.15) is 0 Å². The quantitative estimate of drug-likeness (QED) is 0.930. The van der Waals surface area contributed by atoms with Crippen molar-refractivity contribution in [3.63, 3.8) is 0 Å². The first-order valence-electron chi connectivity index (χ1n) is 5.45.